The van der Waals surface area contributed by atoms with E-state index in [9.17, 15) is 9.18 Å². The van der Waals surface area contributed by atoms with Crippen LogP contribution in [0.4, 0.5) is 4.39 Å². The summed E-state index contributed by atoms with van der Waals surface area (Å²) in [5, 5.41) is 7.45. The molecule has 1 N–H and O–H groups in total. The summed E-state index contributed by atoms with van der Waals surface area (Å²) < 4.78 is 27.1. The summed E-state index contributed by atoms with van der Waals surface area (Å²) in [6.07, 6.45) is 0.496. The molecule has 162 valence electrons. The Balaban J connectivity index is 1.85. The van der Waals surface area contributed by atoms with Gasteiger partial charge in [-0.2, -0.15) is 5.10 Å². The van der Waals surface area contributed by atoms with Gasteiger partial charge in [-0.05, 0) is 43.9 Å². The van der Waals surface area contributed by atoms with Crippen LogP contribution in [0, 0.1) is 5.82 Å². The molecule has 0 spiro atoms. The molecule has 31 heavy (non-hydrogen) atoms. The number of methoxy groups -OCH3 is 2. The SMILES string of the molecule is COc1cc2c(cc1OC)-c1c(c(C(=O)NCCN(C)C)nn1-c1ccccc1F)C2. The Morgan fingerprint density at radius 1 is 1.19 bits per heavy atom. The van der Waals surface area contributed by atoms with Crippen LogP contribution >= 0.6 is 0 Å². The summed E-state index contributed by atoms with van der Waals surface area (Å²) in [6.45, 7) is 1.19. The van der Waals surface area contributed by atoms with Gasteiger partial charge in [-0.3, -0.25) is 4.79 Å². The van der Waals surface area contributed by atoms with Crippen molar-refractivity contribution < 1.29 is 18.7 Å². The lowest BCUT2D eigenvalue weighted by Gasteiger charge is -2.12. The van der Waals surface area contributed by atoms with Crippen LogP contribution in [0.15, 0.2) is 36.4 Å². The molecule has 0 fully saturated rings. The van der Waals surface area contributed by atoms with Crippen LogP contribution in [0.5, 0.6) is 11.5 Å². The standard InChI is InChI=1S/C23H25FN4O3/c1-27(2)10-9-25-23(29)21-16-11-14-12-19(30-3)20(31-4)13-15(14)22(16)28(26-21)18-8-6-5-7-17(18)24/h5-8,12-13H,9-11H2,1-4H3,(H,25,29). The first-order valence-electron chi connectivity index (χ1n) is 9.99. The number of amides is 1. The van der Waals surface area contributed by atoms with Gasteiger partial charge in [0, 0.05) is 30.6 Å². The van der Waals surface area contributed by atoms with Crippen molar-refractivity contribution in [3.8, 4) is 28.4 Å². The van der Waals surface area contributed by atoms with Crippen LogP contribution in [-0.4, -0.2) is 62.0 Å². The fourth-order valence-corrected chi connectivity index (χ4v) is 3.83. The highest BCUT2D eigenvalue weighted by Crippen LogP contribution is 2.44. The molecule has 4 rings (SSSR count). The molecular weight excluding hydrogens is 399 g/mol. The molecular formula is C23H25FN4O3. The van der Waals surface area contributed by atoms with E-state index in [0.717, 1.165) is 16.7 Å². The summed E-state index contributed by atoms with van der Waals surface area (Å²) >= 11 is 0. The number of nitrogens with one attached hydrogen (secondary N) is 1. The van der Waals surface area contributed by atoms with Gasteiger partial charge in [-0.1, -0.05) is 12.1 Å². The van der Waals surface area contributed by atoms with Crippen LogP contribution in [0.1, 0.15) is 21.6 Å². The van der Waals surface area contributed by atoms with Crippen LogP contribution in [0.2, 0.25) is 0 Å². The third-order valence-corrected chi connectivity index (χ3v) is 5.36. The lowest BCUT2D eigenvalue weighted by Crippen LogP contribution is -2.32. The molecule has 1 amide bonds. The molecule has 0 saturated heterocycles. The number of hydrogen-bond donors (Lipinski definition) is 1. The lowest BCUT2D eigenvalue weighted by molar-refractivity contribution is 0.0945. The number of halogens is 1. The number of para-hydroxylation sites is 1. The molecule has 0 bridgehead atoms. The molecule has 0 saturated carbocycles. The van der Waals surface area contributed by atoms with Crippen molar-refractivity contribution >= 4 is 5.91 Å². The summed E-state index contributed by atoms with van der Waals surface area (Å²) in [4.78, 5) is 14.9. The zero-order chi connectivity index (χ0) is 22.1. The molecule has 3 aromatic rings. The second kappa shape index (κ2) is 8.39. The van der Waals surface area contributed by atoms with Crippen LogP contribution in [0.25, 0.3) is 16.9 Å². The maximum absolute atomic E-state index is 14.7. The van der Waals surface area contributed by atoms with Gasteiger partial charge in [0.05, 0.1) is 19.9 Å². The molecule has 0 aliphatic heterocycles. The first kappa shape index (κ1) is 20.9. The van der Waals surface area contributed by atoms with Gasteiger partial charge in [-0.15, -0.1) is 0 Å². The van der Waals surface area contributed by atoms with Crippen LogP contribution in [-0.2, 0) is 6.42 Å². The number of carbonyl (C=O) groups excluding carboxylic acids is 1. The average molecular weight is 424 g/mol. The van der Waals surface area contributed by atoms with Crippen molar-refractivity contribution in [3.63, 3.8) is 0 Å². The first-order valence-corrected chi connectivity index (χ1v) is 9.99. The smallest absolute Gasteiger partial charge is 0.272 e. The highest BCUT2D eigenvalue weighted by molar-refractivity contribution is 5.97. The topological polar surface area (TPSA) is 68.6 Å². The number of carbonyl (C=O) groups is 1. The largest absolute Gasteiger partial charge is 0.493 e. The van der Waals surface area contributed by atoms with E-state index in [2.05, 4.69) is 10.4 Å². The van der Waals surface area contributed by atoms with Crippen molar-refractivity contribution in [2.75, 3.05) is 41.4 Å². The molecule has 0 atom stereocenters. The minimum Gasteiger partial charge on any atom is -0.493 e. The van der Waals surface area contributed by atoms with Gasteiger partial charge < -0.3 is 19.7 Å². The molecule has 0 radical (unpaired) electrons. The Labute approximate surface area is 180 Å². The van der Waals surface area contributed by atoms with Gasteiger partial charge >= 0.3 is 0 Å². The van der Waals surface area contributed by atoms with E-state index in [4.69, 9.17) is 9.47 Å². The average Bonchev–Trinajstić information content (AvgIpc) is 3.29. The van der Waals surface area contributed by atoms with E-state index in [-0.39, 0.29) is 11.6 Å². The van der Waals surface area contributed by atoms with E-state index < -0.39 is 5.82 Å². The number of likely N-dealkylation sites (N-methyl/N-ethyl adjacent to an activating group) is 1. The Hall–Kier alpha value is -3.39. The minimum atomic E-state index is -0.415. The monoisotopic (exact) mass is 424 g/mol. The maximum atomic E-state index is 14.7. The minimum absolute atomic E-state index is 0.278. The quantitative estimate of drug-likeness (QED) is 0.494. The lowest BCUT2D eigenvalue weighted by atomic mass is 10.1. The molecule has 1 aromatic heterocycles. The molecule has 0 unspecified atom stereocenters. The highest BCUT2D eigenvalue weighted by Gasteiger charge is 2.33. The van der Waals surface area contributed by atoms with Gasteiger partial charge in [0.15, 0.2) is 17.2 Å². The number of aromatic nitrogens is 2. The predicted octanol–water partition coefficient (Wildman–Crippen LogP) is 2.89. The maximum Gasteiger partial charge on any atom is 0.272 e. The summed E-state index contributed by atoms with van der Waals surface area (Å²) in [5.41, 5.74) is 3.85. The van der Waals surface area contributed by atoms with Crippen LogP contribution < -0.4 is 14.8 Å². The van der Waals surface area contributed by atoms with Crippen molar-refractivity contribution in [1.29, 1.82) is 0 Å². The van der Waals surface area contributed by atoms with Crippen LogP contribution in [0.3, 0.4) is 0 Å². The van der Waals surface area contributed by atoms with E-state index in [0.29, 0.717) is 42.4 Å². The molecule has 8 heteroatoms. The summed E-state index contributed by atoms with van der Waals surface area (Å²) in [5.74, 6) is 0.474. The Bertz CT molecular complexity index is 1140. The highest BCUT2D eigenvalue weighted by atomic mass is 19.1. The molecule has 2 aromatic carbocycles. The number of hydrogen-bond acceptors (Lipinski definition) is 5. The number of nitrogens with zero attached hydrogens (tertiary/aromatic N) is 3. The second-order valence-corrected chi connectivity index (χ2v) is 7.64. The first-order chi connectivity index (χ1) is 14.9. The summed E-state index contributed by atoms with van der Waals surface area (Å²) in [6, 6.07) is 10.1. The van der Waals surface area contributed by atoms with Crippen molar-refractivity contribution in [2.24, 2.45) is 0 Å². The molecule has 1 aliphatic carbocycles. The number of benzene rings is 2. The van der Waals surface area contributed by atoms with E-state index in [1.807, 2.05) is 31.1 Å². The van der Waals surface area contributed by atoms with Gasteiger partial charge in [0.2, 0.25) is 0 Å². The van der Waals surface area contributed by atoms with Crippen molar-refractivity contribution in [2.45, 2.75) is 6.42 Å². The normalized spacial score (nSPS) is 11.9. The zero-order valence-electron chi connectivity index (χ0n) is 18.0. The Kier molecular flexibility index (Phi) is 5.65. The molecule has 7 nitrogen and oxygen atoms in total. The fraction of sp³-hybridized carbons (Fsp3) is 0.304. The van der Waals surface area contributed by atoms with Gasteiger partial charge in [0.1, 0.15) is 11.5 Å². The summed E-state index contributed by atoms with van der Waals surface area (Å²) in [7, 11) is 7.03. The molecule has 1 heterocycles. The Morgan fingerprint density at radius 3 is 2.58 bits per heavy atom. The third-order valence-electron chi connectivity index (χ3n) is 5.36. The fourth-order valence-electron chi connectivity index (χ4n) is 3.83. The van der Waals surface area contributed by atoms with Crippen molar-refractivity contribution in [3.05, 3.63) is 59.0 Å². The predicted molar refractivity (Wildman–Crippen MR) is 116 cm³/mol. The van der Waals surface area contributed by atoms with Crippen molar-refractivity contribution in [1.82, 2.24) is 20.0 Å². The van der Waals surface area contributed by atoms with Gasteiger partial charge in [-0.25, -0.2) is 9.07 Å². The molecule has 1 aliphatic rings. The van der Waals surface area contributed by atoms with E-state index >= 15 is 0 Å². The number of rotatable bonds is 7. The van der Waals surface area contributed by atoms with Gasteiger partial charge in [0.25, 0.3) is 5.91 Å². The van der Waals surface area contributed by atoms with E-state index in [1.165, 1.54) is 10.7 Å². The van der Waals surface area contributed by atoms with E-state index in [1.54, 1.807) is 32.4 Å². The second-order valence-electron chi connectivity index (χ2n) is 7.64. The zero-order valence-corrected chi connectivity index (χ0v) is 18.0. The Morgan fingerprint density at radius 2 is 1.90 bits per heavy atom. The number of fused-ring (bicyclic) bond motifs is 3. The third kappa shape index (κ3) is 3.74. The number of ether oxygens (including phenoxy) is 2.